The molecule has 0 saturated carbocycles. The Balaban J connectivity index is 2.73. The Labute approximate surface area is 122 Å². The zero-order valence-electron chi connectivity index (χ0n) is 12.3. The number of para-hydroxylation sites is 1. The maximum Gasteiger partial charge on any atom is 0.106 e. The number of anilines is 1. The lowest BCUT2D eigenvalue weighted by molar-refractivity contribution is 0.472. The minimum Gasteiger partial charge on any atom is -0.389 e. The molecule has 0 fully saturated rings. The van der Waals surface area contributed by atoms with E-state index in [-0.39, 0.29) is 0 Å². The van der Waals surface area contributed by atoms with Gasteiger partial charge in [0.25, 0.3) is 0 Å². The van der Waals surface area contributed by atoms with E-state index >= 15 is 0 Å². The van der Waals surface area contributed by atoms with Crippen LogP contribution in [0.4, 0.5) is 5.69 Å². The molecule has 0 spiro atoms. The maximum absolute atomic E-state index is 5.79. The number of nitrogens with one attached hydrogen (secondary N) is 1. The van der Waals surface area contributed by atoms with Gasteiger partial charge in [-0.1, -0.05) is 57.5 Å². The van der Waals surface area contributed by atoms with E-state index in [1.807, 2.05) is 12.1 Å². The topological polar surface area (TPSA) is 38.0 Å². The first-order valence-corrected chi connectivity index (χ1v) is 7.64. The molecule has 3 N–H and O–H groups in total. The summed E-state index contributed by atoms with van der Waals surface area (Å²) in [6, 6.07) is 6.09. The molecular formula is C16H26N2S. The number of nitrogens with two attached hydrogens (primary N) is 1. The SMILES string of the molecule is CCCCC(CC)CNc1c(C)cccc1C(N)=S. The summed E-state index contributed by atoms with van der Waals surface area (Å²) in [6.07, 6.45) is 5.06. The number of benzene rings is 1. The third kappa shape index (κ3) is 4.83. The predicted octanol–water partition coefficient (Wildman–Crippen LogP) is 4.26. The van der Waals surface area contributed by atoms with Crippen molar-refractivity contribution >= 4 is 22.9 Å². The van der Waals surface area contributed by atoms with Crippen molar-refractivity contribution in [3.63, 3.8) is 0 Å². The van der Waals surface area contributed by atoms with Gasteiger partial charge in [-0.05, 0) is 30.9 Å². The summed E-state index contributed by atoms with van der Waals surface area (Å²) in [5.74, 6) is 0.721. The lowest BCUT2D eigenvalue weighted by Crippen LogP contribution is -2.18. The van der Waals surface area contributed by atoms with Gasteiger partial charge in [-0.3, -0.25) is 0 Å². The Morgan fingerprint density at radius 2 is 2.11 bits per heavy atom. The van der Waals surface area contributed by atoms with Crippen LogP contribution in [0.25, 0.3) is 0 Å². The predicted molar refractivity (Wildman–Crippen MR) is 88.9 cm³/mol. The second kappa shape index (κ2) is 8.16. The molecule has 19 heavy (non-hydrogen) atoms. The quantitative estimate of drug-likeness (QED) is 0.698. The summed E-state index contributed by atoms with van der Waals surface area (Å²) < 4.78 is 0. The van der Waals surface area contributed by atoms with Crippen molar-refractivity contribution < 1.29 is 0 Å². The highest BCUT2D eigenvalue weighted by molar-refractivity contribution is 7.80. The van der Waals surface area contributed by atoms with Gasteiger partial charge in [0.15, 0.2) is 0 Å². The molecule has 0 aliphatic carbocycles. The number of thiocarbonyl (C=S) groups is 1. The molecule has 1 unspecified atom stereocenters. The van der Waals surface area contributed by atoms with E-state index in [1.54, 1.807) is 0 Å². The number of rotatable bonds is 8. The average molecular weight is 278 g/mol. The fourth-order valence-electron chi connectivity index (χ4n) is 2.30. The molecule has 1 aromatic carbocycles. The largest absolute Gasteiger partial charge is 0.389 e. The van der Waals surface area contributed by atoms with Crippen LogP contribution in [0, 0.1) is 12.8 Å². The second-order valence-electron chi connectivity index (χ2n) is 5.16. The van der Waals surface area contributed by atoms with Crippen LogP contribution in [0.1, 0.15) is 50.7 Å². The van der Waals surface area contributed by atoms with E-state index in [4.69, 9.17) is 18.0 Å². The third-order valence-corrected chi connectivity index (χ3v) is 3.87. The minimum absolute atomic E-state index is 0.466. The summed E-state index contributed by atoms with van der Waals surface area (Å²) >= 11 is 5.13. The Morgan fingerprint density at radius 1 is 1.37 bits per heavy atom. The third-order valence-electron chi connectivity index (χ3n) is 3.65. The number of hydrogen-bond acceptors (Lipinski definition) is 2. The van der Waals surface area contributed by atoms with Gasteiger partial charge < -0.3 is 11.1 Å². The molecule has 1 rings (SSSR count). The van der Waals surface area contributed by atoms with Gasteiger partial charge in [0.1, 0.15) is 4.99 Å². The second-order valence-corrected chi connectivity index (χ2v) is 5.60. The Morgan fingerprint density at radius 3 is 2.68 bits per heavy atom. The molecule has 3 heteroatoms. The number of hydrogen-bond donors (Lipinski definition) is 2. The van der Waals surface area contributed by atoms with E-state index < -0.39 is 0 Å². The fraction of sp³-hybridized carbons (Fsp3) is 0.562. The van der Waals surface area contributed by atoms with Crippen molar-refractivity contribution in [2.75, 3.05) is 11.9 Å². The molecule has 1 aromatic rings. The summed E-state index contributed by atoms with van der Waals surface area (Å²) in [5, 5.41) is 3.56. The van der Waals surface area contributed by atoms with Crippen LogP contribution in [0.5, 0.6) is 0 Å². The molecule has 0 saturated heterocycles. The molecule has 0 radical (unpaired) electrons. The van der Waals surface area contributed by atoms with Crippen LogP contribution in [0.3, 0.4) is 0 Å². The van der Waals surface area contributed by atoms with Gasteiger partial charge in [-0.15, -0.1) is 0 Å². The molecule has 2 nitrogen and oxygen atoms in total. The van der Waals surface area contributed by atoms with Gasteiger partial charge in [0, 0.05) is 17.8 Å². The standard InChI is InChI=1S/C16H26N2S/c1-4-6-9-13(5-2)11-18-15-12(3)8-7-10-14(15)16(17)19/h7-8,10,13,18H,4-6,9,11H2,1-3H3,(H2,17,19). The molecule has 0 bridgehead atoms. The normalized spacial score (nSPS) is 12.2. The van der Waals surface area contributed by atoms with Gasteiger partial charge in [-0.2, -0.15) is 0 Å². The number of unbranched alkanes of at least 4 members (excludes halogenated alkanes) is 1. The van der Waals surface area contributed by atoms with Crippen molar-refractivity contribution in [1.82, 2.24) is 0 Å². The van der Waals surface area contributed by atoms with Crippen LogP contribution < -0.4 is 11.1 Å². The first kappa shape index (κ1) is 16.0. The van der Waals surface area contributed by atoms with E-state index in [1.165, 1.54) is 31.2 Å². The maximum atomic E-state index is 5.79. The van der Waals surface area contributed by atoms with Crippen LogP contribution in [-0.2, 0) is 0 Å². The van der Waals surface area contributed by atoms with Crippen molar-refractivity contribution in [3.8, 4) is 0 Å². The molecule has 0 amide bonds. The zero-order chi connectivity index (χ0) is 14.3. The van der Waals surface area contributed by atoms with E-state index in [2.05, 4.69) is 32.2 Å². The lowest BCUT2D eigenvalue weighted by atomic mass is 9.98. The Bertz CT molecular complexity index is 415. The highest BCUT2D eigenvalue weighted by atomic mass is 32.1. The summed E-state index contributed by atoms with van der Waals surface area (Å²) in [5.41, 5.74) is 9.06. The average Bonchev–Trinajstić information content (AvgIpc) is 2.40. The smallest absolute Gasteiger partial charge is 0.106 e. The van der Waals surface area contributed by atoms with Crippen LogP contribution >= 0.6 is 12.2 Å². The fourth-order valence-corrected chi connectivity index (χ4v) is 2.47. The first-order chi connectivity index (χ1) is 9.10. The van der Waals surface area contributed by atoms with Gasteiger partial charge in [-0.25, -0.2) is 0 Å². The van der Waals surface area contributed by atoms with Gasteiger partial charge in [0.05, 0.1) is 0 Å². The van der Waals surface area contributed by atoms with E-state index in [9.17, 15) is 0 Å². The van der Waals surface area contributed by atoms with Crippen molar-refractivity contribution in [2.45, 2.75) is 46.5 Å². The molecular weight excluding hydrogens is 252 g/mol. The van der Waals surface area contributed by atoms with Crippen molar-refractivity contribution in [2.24, 2.45) is 11.7 Å². The zero-order valence-corrected chi connectivity index (χ0v) is 13.1. The summed E-state index contributed by atoms with van der Waals surface area (Å²) in [7, 11) is 0. The van der Waals surface area contributed by atoms with Crippen LogP contribution in [0.2, 0.25) is 0 Å². The highest BCUT2D eigenvalue weighted by Gasteiger charge is 2.10. The van der Waals surface area contributed by atoms with Crippen molar-refractivity contribution in [1.29, 1.82) is 0 Å². The molecule has 1 atom stereocenters. The summed E-state index contributed by atoms with van der Waals surface area (Å²) in [6.45, 7) is 7.59. The molecule has 0 aromatic heterocycles. The van der Waals surface area contributed by atoms with Crippen LogP contribution in [0.15, 0.2) is 18.2 Å². The number of aryl methyl sites for hydroxylation is 1. The molecule has 0 aliphatic heterocycles. The van der Waals surface area contributed by atoms with Crippen molar-refractivity contribution in [3.05, 3.63) is 29.3 Å². The van der Waals surface area contributed by atoms with Gasteiger partial charge in [0.2, 0.25) is 0 Å². The first-order valence-electron chi connectivity index (χ1n) is 7.23. The van der Waals surface area contributed by atoms with E-state index in [0.29, 0.717) is 4.99 Å². The lowest BCUT2D eigenvalue weighted by Gasteiger charge is -2.19. The molecule has 0 aliphatic rings. The van der Waals surface area contributed by atoms with Gasteiger partial charge >= 0.3 is 0 Å². The molecule has 0 heterocycles. The monoisotopic (exact) mass is 278 g/mol. The Kier molecular flexibility index (Phi) is 6.85. The van der Waals surface area contributed by atoms with Crippen LogP contribution in [-0.4, -0.2) is 11.5 Å². The minimum atomic E-state index is 0.466. The molecule has 106 valence electrons. The highest BCUT2D eigenvalue weighted by Crippen LogP contribution is 2.22. The van der Waals surface area contributed by atoms with E-state index in [0.717, 1.165) is 23.7 Å². The summed E-state index contributed by atoms with van der Waals surface area (Å²) in [4.78, 5) is 0.466. The Hall–Kier alpha value is -1.09.